The smallest absolute Gasteiger partial charge is 0.240 e. The monoisotopic (exact) mass is 322 g/mol. The molecule has 1 aliphatic carbocycles. The van der Waals surface area contributed by atoms with Gasteiger partial charge in [0, 0.05) is 12.5 Å². The number of carbonyl (C=O) groups excluding carboxylic acids is 1. The number of nitrogens with two attached hydrogens (primary N) is 1. The van der Waals surface area contributed by atoms with Gasteiger partial charge in [-0.1, -0.05) is 36.4 Å². The molecule has 120 valence electrons. The number of hydrogen-bond acceptors (Lipinski definition) is 4. The van der Waals surface area contributed by atoms with E-state index in [4.69, 9.17) is 5.73 Å². The molecule has 0 radical (unpaired) electrons. The number of benzene rings is 1. The topological polar surface area (TPSA) is 89.3 Å². The van der Waals surface area contributed by atoms with E-state index >= 15 is 0 Å². The molecular formula is C16H22N2O3S. The number of nitrogens with one attached hydrogen (secondary N) is 1. The van der Waals surface area contributed by atoms with E-state index in [1.165, 1.54) is 0 Å². The lowest BCUT2D eigenvalue weighted by Crippen LogP contribution is -2.41. The summed E-state index contributed by atoms with van der Waals surface area (Å²) in [4.78, 5) is 11.8. The number of sulfonamides is 1. The van der Waals surface area contributed by atoms with Crippen LogP contribution in [-0.2, 0) is 21.2 Å². The van der Waals surface area contributed by atoms with Gasteiger partial charge in [-0.05, 0) is 31.2 Å². The minimum Gasteiger partial charge on any atom is -0.324 e. The molecule has 1 aliphatic rings. The van der Waals surface area contributed by atoms with Crippen molar-refractivity contribution in [2.24, 2.45) is 5.73 Å². The minimum absolute atomic E-state index is 0.0772. The van der Waals surface area contributed by atoms with Gasteiger partial charge in [0.2, 0.25) is 15.9 Å². The Kier molecular flexibility index (Phi) is 5.03. The Balaban J connectivity index is 1.98. The van der Waals surface area contributed by atoms with Gasteiger partial charge in [-0.25, -0.2) is 8.42 Å². The maximum absolute atomic E-state index is 12.5. The van der Waals surface area contributed by atoms with Gasteiger partial charge >= 0.3 is 0 Å². The van der Waals surface area contributed by atoms with Gasteiger partial charge in [0.1, 0.15) is 0 Å². The summed E-state index contributed by atoms with van der Waals surface area (Å²) < 4.78 is 26.3. The lowest BCUT2D eigenvalue weighted by molar-refractivity contribution is -0.119. The van der Waals surface area contributed by atoms with Crippen LogP contribution in [0.5, 0.6) is 0 Å². The van der Waals surface area contributed by atoms with Crippen LogP contribution in [0.4, 0.5) is 0 Å². The summed E-state index contributed by atoms with van der Waals surface area (Å²) in [6.07, 6.45) is 3.60. The van der Waals surface area contributed by atoms with Crippen molar-refractivity contribution >= 4 is 15.9 Å². The first-order valence-corrected chi connectivity index (χ1v) is 8.84. The summed E-state index contributed by atoms with van der Waals surface area (Å²) in [7, 11) is -3.67. The average molecular weight is 322 g/mol. The molecular weight excluding hydrogens is 300 g/mol. The standard InChI is InChI=1S/C16H22N2O3S/c1-2-14(17)8-9-15(19)18-22(20,21)16(10-11-16)12-13-6-4-3-5-7-13/h2-7,14H,1,8-12,17H2,(H,18,19)/t14-/m1/s1. The Morgan fingerprint density at radius 1 is 1.36 bits per heavy atom. The highest BCUT2D eigenvalue weighted by Crippen LogP contribution is 2.45. The predicted octanol–water partition coefficient (Wildman–Crippen LogP) is 1.50. The fourth-order valence-corrected chi connectivity index (χ4v) is 3.99. The van der Waals surface area contributed by atoms with Crippen molar-refractivity contribution in [1.82, 2.24) is 4.72 Å². The lowest BCUT2D eigenvalue weighted by Gasteiger charge is -2.17. The van der Waals surface area contributed by atoms with Crippen molar-refractivity contribution in [2.75, 3.05) is 0 Å². The maximum atomic E-state index is 12.5. The van der Waals surface area contributed by atoms with E-state index in [1.54, 1.807) is 6.08 Å². The van der Waals surface area contributed by atoms with Gasteiger partial charge in [-0.2, -0.15) is 0 Å². The molecule has 0 aliphatic heterocycles. The minimum atomic E-state index is -3.67. The molecule has 1 fully saturated rings. The molecule has 5 nitrogen and oxygen atoms in total. The van der Waals surface area contributed by atoms with Crippen LogP contribution in [0.25, 0.3) is 0 Å². The highest BCUT2D eigenvalue weighted by atomic mass is 32.2. The SMILES string of the molecule is C=C[C@@H](N)CCC(=O)NS(=O)(=O)C1(Cc2ccccc2)CC1. The Labute approximate surface area is 131 Å². The van der Waals surface area contributed by atoms with E-state index < -0.39 is 20.7 Å². The van der Waals surface area contributed by atoms with E-state index in [0.717, 1.165) is 5.56 Å². The summed E-state index contributed by atoms with van der Waals surface area (Å²) in [5.74, 6) is -0.503. The second kappa shape index (κ2) is 6.62. The zero-order valence-electron chi connectivity index (χ0n) is 12.5. The van der Waals surface area contributed by atoms with Gasteiger partial charge < -0.3 is 5.73 Å². The summed E-state index contributed by atoms with van der Waals surface area (Å²) in [6.45, 7) is 3.53. The van der Waals surface area contributed by atoms with E-state index in [1.807, 2.05) is 30.3 Å². The van der Waals surface area contributed by atoms with Crippen LogP contribution in [0.1, 0.15) is 31.2 Å². The van der Waals surface area contributed by atoms with Crippen LogP contribution in [0.2, 0.25) is 0 Å². The third kappa shape index (κ3) is 3.96. The number of carbonyl (C=O) groups is 1. The molecule has 6 heteroatoms. The molecule has 1 saturated carbocycles. The van der Waals surface area contributed by atoms with Gasteiger partial charge in [0.25, 0.3) is 0 Å². The molecule has 0 unspecified atom stereocenters. The summed E-state index contributed by atoms with van der Waals surface area (Å²) in [5, 5.41) is 0. The van der Waals surface area contributed by atoms with Gasteiger partial charge in [0.15, 0.2) is 0 Å². The third-order valence-corrected chi connectivity index (χ3v) is 6.19. The molecule has 0 bridgehead atoms. The van der Waals surface area contributed by atoms with Gasteiger partial charge in [-0.15, -0.1) is 6.58 Å². The van der Waals surface area contributed by atoms with Crippen LogP contribution < -0.4 is 10.5 Å². The lowest BCUT2D eigenvalue weighted by atomic mass is 10.1. The average Bonchev–Trinajstić information content (AvgIpc) is 3.26. The summed E-state index contributed by atoms with van der Waals surface area (Å²) in [6, 6.07) is 9.16. The first-order valence-electron chi connectivity index (χ1n) is 7.36. The molecule has 1 aromatic rings. The van der Waals surface area contributed by atoms with Crippen molar-refractivity contribution in [1.29, 1.82) is 0 Å². The Morgan fingerprint density at radius 3 is 2.55 bits per heavy atom. The molecule has 22 heavy (non-hydrogen) atoms. The van der Waals surface area contributed by atoms with Crippen molar-refractivity contribution in [2.45, 2.75) is 42.9 Å². The van der Waals surface area contributed by atoms with E-state index in [9.17, 15) is 13.2 Å². The van der Waals surface area contributed by atoms with E-state index in [0.29, 0.717) is 25.7 Å². The summed E-state index contributed by atoms with van der Waals surface area (Å²) >= 11 is 0. The second-order valence-electron chi connectivity index (χ2n) is 5.81. The number of hydrogen-bond donors (Lipinski definition) is 2. The molecule has 1 atom stereocenters. The molecule has 0 heterocycles. The van der Waals surface area contributed by atoms with E-state index in [-0.39, 0.29) is 12.5 Å². The normalized spacial score (nSPS) is 17.5. The maximum Gasteiger partial charge on any atom is 0.240 e. The molecule has 1 amide bonds. The molecule has 0 aromatic heterocycles. The van der Waals surface area contributed by atoms with E-state index in [2.05, 4.69) is 11.3 Å². The highest BCUT2D eigenvalue weighted by molar-refractivity contribution is 7.91. The van der Waals surface area contributed by atoms with Crippen molar-refractivity contribution in [3.8, 4) is 0 Å². The van der Waals surface area contributed by atoms with Gasteiger partial charge in [-0.3, -0.25) is 9.52 Å². The van der Waals surface area contributed by atoms with Crippen LogP contribution in [0.3, 0.4) is 0 Å². The Bertz CT molecular complexity index is 637. The zero-order chi connectivity index (χ0) is 16.2. The fraction of sp³-hybridized carbons (Fsp3) is 0.438. The molecule has 3 N–H and O–H groups in total. The quantitative estimate of drug-likeness (QED) is 0.710. The largest absolute Gasteiger partial charge is 0.324 e. The van der Waals surface area contributed by atoms with Crippen molar-refractivity contribution < 1.29 is 13.2 Å². The predicted molar refractivity (Wildman–Crippen MR) is 86.6 cm³/mol. The summed E-state index contributed by atoms with van der Waals surface area (Å²) in [5.41, 5.74) is 6.60. The Hall–Kier alpha value is -1.66. The highest BCUT2D eigenvalue weighted by Gasteiger charge is 2.54. The van der Waals surface area contributed by atoms with Gasteiger partial charge in [0.05, 0.1) is 4.75 Å². The third-order valence-electron chi connectivity index (χ3n) is 4.00. The van der Waals surface area contributed by atoms with Crippen molar-refractivity contribution in [3.63, 3.8) is 0 Å². The van der Waals surface area contributed by atoms with Crippen LogP contribution in [0, 0.1) is 0 Å². The first-order chi connectivity index (χ1) is 10.4. The zero-order valence-corrected chi connectivity index (χ0v) is 13.3. The number of amides is 1. The van der Waals surface area contributed by atoms with Crippen molar-refractivity contribution in [3.05, 3.63) is 48.6 Å². The molecule has 0 saturated heterocycles. The molecule has 2 rings (SSSR count). The van der Waals surface area contributed by atoms with Crippen LogP contribution in [-0.4, -0.2) is 25.1 Å². The Morgan fingerprint density at radius 2 is 2.00 bits per heavy atom. The molecule has 1 aromatic carbocycles. The second-order valence-corrected chi connectivity index (χ2v) is 7.89. The fourth-order valence-electron chi connectivity index (χ4n) is 2.37. The van der Waals surface area contributed by atoms with Crippen LogP contribution >= 0.6 is 0 Å². The first kappa shape index (κ1) is 16.7. The molecule has 0 spiro atoms. The number of rotatable bonds is 8. The van der Waals surface area contributed by atoms with Crippen LogP contribution in [0.15, 0.2) is 43.0 Å².